The number of carboxylic acid groups (broad SMARTS) is 1. The molecule has 0 radical (unpaired) electrons. The number of aliphatic carboxylic acids is 1. The van der Waals surface area contributed by atoms with E-state index in [1.165, 1.54) is 12.1 Å². The number of H-pyrrole nitrogens is 1. The van der Waals surface area contributed by atoms with Gasteiger partial charge in [-0.3, -0.25) is 10.1 Å². The second-order valence-corrected chi connectivity index (χ2v) is 7.84. The molecule has 8 heteroatoms. The molecule has 2 aromatic carbocycles. The van der Waals surface area contributed by atoms with Gasteiger partial charge in [0.2, 0.25) is 0 Å². The summed E-state index contributed by atoms with van der Waals surface area (Å²) in [5.74, 6) is -0.875. The Hall–Kier alpha value is -3.55. The lowest BCUT2D eigenvalue weighted by Gasteiger charge is -2.36. The van der Waals surface area contributed by atoms with Gasteiger partial charge in [-0.15, -0.1) is 0 Å². The maximum absolute atomic E-state index is 13.1. The van der Waals surface area contributed by atoms with Crippen molar-refractivity contribution >= 4 is 34.4 Å². The molecule has 4 rings (SSSR count). The fourth-order valence-electron chi connectivity index (χ4n) is 4.14. The zero-order valence-corrected chi connectivity index (χ0v) is 17.3. The predicted octanol–water partition coefficient (Wildman–Crippen LogP) is 4.24. The summed E-state index contributed by atoms with van der Waals surface area (Å²) >= 11 is 0. The molecule has 1 aliphatic rings. The molecular formula is C23H25FN4O3. The van der Waals surface area contributed by atoms with Crippen LogP contribution in [0.5, 0.6) is 0 Å². The fourth-order valence-corrected chi connectivity index (χ4v) is 4.14. The number of nitrogens with one attached hydrogen (secondary N) is 2. The van der Waals surface area contributed by atoms with Gasteiger partial charge >= 0.3 is 12.0 Å². The molecule has 1 fully saturated rings. The summed E-state index contributed by atoms with van der Waals surface area (Å²) in [6, 6.07) is 13.7. The average molecular weight is 424 g/mol. The largest absolute Gasteiger partial charge is 0.481 e. The molecule has 1 aromatic heterocycles. The smallest absolute Gasteiger partial charge is 0.323 e. The Balaban J connectivity index is 1.47. The first-order chi connectivity index (χ1) is 14.9. The van der Waals surface area contributed by atoms with E-state index in [1.807, 2.05) is 31.2 Å². The number of carbonyl (C=O) groups excluding carboxylic acids is 1. The molecule has 0 bridgehead atoms. The SMILES string of the molecule is CC(CC(=O)O)c1c(NC(=O)N2CCN(c3ccc(F)cc3)CC2)[nH]c2ccccc12. The highest BCUT2D eigenvalue weighted by molar-refractivity contribution is 5.97. The third-order valence-electron chi connectivity index (χ3n) is 5.71. The minimum Gasteiger partial charge on any atom is -0.481 e. The summed E-state index contributed by atoms with van der Waals surface area (Å²) in [7, 11) is 0. The summed E-state index contributed by atoms with van der Waals surface area (Å²) in [4.78, 5) is 31.3. The van der Waals surface area contributed by atoms with E-state index in [4.69, 9.17) is 0 Å². The maximum Gasteiger partial charge on any atom is 0.323 e. The normalized spacial score (nSPS) is 15.2. The van der Waals surface area contributed by atoms with Gasteiger partial charge < -0.3 is 19.9 Å². The van der Waals surface area contributed by atoms with E-state index in [-0.39, 0.29) is 24.2 Å². The number of fused-ring (bicyclic) bond motifs is 1. The molecule has 1 atom stereocenters. The standard InChI is InChI=1S/C23H25FN4O3/c1-15(14-20(29)30)21-18-4-2-3-5-19(18)25-22(21)26-23(31)28-12-10-27(11-13-28)17-8-6-16(24)7-9-17/h2-9,15,25H,10-14H2,1H3,(H,26,31)(H,29,30). The van der Waals surface area contributed by atoms with Gasteiger partial charge in [0.25, 0.3) is 0 Å². The summed E-state index contributed by atoms with van der Waals surface area (Å²) in [6.45, 7) is 4.20. The fraction of sp³-hybridized carbons (Fsp3) is 0.304. The van der Waals surface area contributed by atoms with E-state index in [2.05, 4.69) is 15.2 Å². The number of hydrogen-bond acceptors (Lipinski definition) is 3. The Morgan fingerprint density at radius 1 is 1.10 bits per heavy atom. The van der Waals surface area contributed by atoms with Crippen LogP contribution in [0.4, 0.5) is 20.7 Å². The van der Waals surface area contributed by atoms with Crippen molar-refractivity contribution in [1.29, 1.82) is 0 Å². The molecule has 3 N–H and O–H groups in total. The number of aromatic nitrogens is 1. The van der Waals surface area contributed by atoms with Crippen LogP contribution in [0.2, 0.25) is 0 Å². The van der Waals surface area contributed by atoms with Crippen LogP contribution in [-0.2, 0) is 4.79 Å². The Morgan fingerprint density at radius 2 is 1.77 bits per heavy atom. The maximum atomic E-state index is 13.1. The van der Waals surface area contributed by atoms with Gasteiger partial charge in [-0.05, 0) is 36.2 Å². The number of para-hydroxylation sites is 1. The van der Waals surface area contributed by atoms with Crippen LogP contribution >= 0.6 is 0 Å². The van der Waals surface area contributed by atoms with Gasteiger partial charge in [0.15, 0.2) is 0 Å². The molecule has 0 spiro atoms. The molecule has 1 saturated heterocycles. The average Bonchev–Trinajstić information content (AvgIpc) is 3.12. The highest BCUT2D eigenvalue weighted by Gasteiger charge is 2.25. The number of urea groups is 1. The Bertz CT molecular complexity index is 1090. The first-order valence-electron chi connectivity index (χ1n) is 10.3. The first-order valence-corrected chi connectivity index (χ1v) is 10.3. The van der Waals surface area contributed by atoms with Crippen LogP contribution < -0.4 is 10.2 Å². The number of aromatic amines is 1. The van der Waals surface area contributed by atoms with Crippen molar-refractivity contribution < 1.29 is 19.1 Å². The van der Waals surface area contributed by atoms with E-state index < -0.39 is 5.97 Å². The van der Waals surface area contributed by atoms with Crippen LogP contribution in [0.25, 0.3) is 10.9 Å². The molecular weight excluding hydrogens is 399 g/mol. The zero-order valence-electron chi connectivity index (χ0n) is 17.3. The summed E-state index contributed by atoms with van der Waals surface area (Å²) in [6.07, 6.45) is -0.0267. The van der Waals surface area contributed by atoms with Crippen LogP contribution in [0.15, 0.2) is 48.5 Å². The number of hydrogen-bond donors (Lipinski definition) is 3. The van der Waals surface area contributed by atoms with Gasteiger partial charge in [0.05, 0.1) is 6.42 Å². The number of nitrogens with zero attached hydrogens (tertiary/aromatic N) is 2. The Morgan fingerprint density at radius 3 is 2.45 bits per heavy atom. The monoisotopic (exact) mass is 424 g/mol. The van der Waals surface area contributed by atoms with Crippen LogP contribution in [-0.4, -0.2) is 53.2 Å². The molecule has 7 nitrogen and oxygen atoms in total. The predicted molar refractivity (Wildman–Crippen MR) is 118 cm³/mol. The second kappa shape index (κ2) is 8.67. The van der Waals surface area contributed by atoms with Crippen molar-refractivity contribution in [1.82, 2.24) is 9.88 Å². The highest BCUT2D eigenvalue weighted by atomic mass is 19.1. The molecule has 2 heterocycles. The summed E-state index contributed by atoms with van der Waals surface area (Å²) < 4.78 is 13.1. The molecule has 3 aromatic rings. The molecule has 0 aliphatic carbocycles. The number of amides is 2. The number of carbonyl (C=O) groups is 2. The van der Waals surface area contributed by atoms with Crippen LogP contribution in [0, 0.1) is 5.82 Å². The molecule has 1 unspecified atom stereocenters. The Labute approximate surface area is 179 Å². The quantitative estimate of drug-likeness (QED) is 0.572. The summed E-state index contributed by atoms with van der Waals surface area (Å²) in [5, 5.41) is 13.1. The third-order valence-corrected chi connectivity index (χ3v) is 5.71. The van der Waals surface area contributed by atoms with Gasteiger partial charge in [0.1, 0.15) is 11.6 Å². The van der Waals surface area contributed by atoms with E-state index in [9.17, 15) is 19.1 Å². The minimum absolute atomic E-state index is 0.0267. The van der Waals surface area contributed by atoms with E-state index >= 15 is 0 Å². The number of anilines is 2. The van der Waals surface area contributed by atoms with Crippen LogP contribution in [0.3, 0.4) is 0 Å². The van der Waals surface area contributed by atoms with Crippen molar-refractivity contribution in [2.45, 2.75) is 19.3 Å². The topological polar surface area (TPSA) is 88.7 Å². The lowest BCUT2D eigenvalue weighted by atomic mass is 9.96. The second-order valence-electron chi connectivity index (χ2n) is 7.84. The number of carboxylic acids is 1. The molecule has 2 amide bonds. The zero-order chi connectivity index (χ0) is 22.0. The van der Waals surface area contributed by atoms with Gasteiger partial charge in [0, 0.05) is 48.3 Å². The molecule has 0 saturated carbocycles. The number of halogens is 1. The number of benzene rings is 2. The lowest BCUT2D eigenvalue weighted by molar-refractivity contribution is -0.137. The van der Waals surface area contributed by atoms with Gasteiger partial charge in [-0.1, -0.05) is 25.1 Å². The highest BCUT2D eigenvalue weighted by Crippen LogP contribution is 2.34. The summed E-state index contributed by atoms with van der Waals surface area (Å²) in [5.41, 5.74) is 2.59. The van der Waals surface area contributed by atoms with Crippen LogP contribution in [0.1, 0.15) is 24.8 Å². The van der Waals surface area contributed by atoms with E-state index in [0.29, 0.717) is 32.0 Å². The number of rotatable bonds is 5. The molecule has 31 heavy (non-hydrogen) atoms. The van der Waals surface area contributed by atoms with Crippen molar-refractivity contribution in [3.05, 3.63) is 59.9 Å². The minimum atomic E-state index is -0.882. The number of piperazine rings is 1. The Kier molecular flexibility index (Phi) is 5.79. The van der Waals surface area contributed by atoms with Crippen molar-refractivity contribution in [2.24, 2.45) is 0 Å². The van der Waals surface area contributed by atoms with E-state index in [0.717, 1.165) is 22.2 Å². The lowest BCUT2D eigenvalue weighted by Crippen LogP contribution is -2.50. The van der Waals surface area contributed by atoms with Crippen molar-refractivity contribution in [3.8, 4) is 0 Å². The van der Waals surface area contributed by atoms with Gasteiger partial charge in [-0.25, -0.2) is 9.18 Å². The van der Waals surface area contributed by atoms with Crippen molar-refractivity contribution in [3.63, 3.8) is 0 Å². The third kappa shape index (κ3) is 4.47. The van der Waals surface area contributed by atoms with E-state index in [1.54, 1.807) is 17.0 Å². The van der Waals surface area contributed by atoms with Gasteiger partial charge in [-0.2, -0.15) is 0 Å². The molecule has 162 valence electrons. The van der Waals surface area contributed by atoms with Crippen molar-refractivity contribution in [2.75, 3.05) is 36.4 Å². The molecule has 1 aliphatic heterocycles. The first kappa shape index (κ1) is 20.7.